The normalized spacial score (nSPS) is 11.1. The first-order chi connectivity index (χ1) is 14.1. The molecule has 0 atom stereocenters. The molecule has 29 heavy (non-hydrogen) atoms. The van der Waals surface area contributed by atoms with Crippen LogP contribution in [-0.4, -0.2) is 28.0 Å². The largest absolute Gasteiger partial charge is 0.497 e. The molecule has 0 spiro atoms. The van der Waals surface area contributed by atoms with Crippen molar-refractivity contribution in [1.29, 1.82) is 0 Å². The van der Waals surface area contributed by atoms with Gasteiger partial charge < -0.3 is 10.1 Å². The van der Waals surface area contributed by atoms with E-state index in [1.165, 1.54) is 11.6 Å². The highest BCUT2D eigenvalue weighted by Gasteiger charge is 2.07. The molecule has 3 aromatic carbocycles. The number of carbonyl (C=O) groups excluding carboxylic acids is 1. The van der Waals surface area contributed by atoms with Crippen LogP contribution in [0.25, 0.3) is 22.8 Å². The molecule has 0 aliphatic heterocycles. The molecule has 0 bridgehead atoms. The second kappa shape index (κ2) is 7.98. The van der Waals surface area contributed by atoms with Gasteiger partial charge in [-0.05, 0) is 61.0 Å². The number of nitrogens with one attached hydrogen (secondary N) is 1. The van der Waals surface area contributed by atoms with Gasteiger partial charge in [0.05, 0.1) is 12.8 Å². The number of anilines is 1. The van der Waals surface area contributed by atoms with Gasteiger partial charge in [-0.2, -0.15) is 4.80 Å². The van der Waals surface area contributed by atoms with Crippen molar-refractivity contribution in [3.63, 3.8) is 0 Å². The Morgan fingerprint density at radius 1 is 0.966 bits per heavy atom. The van der Waals surface area contributed by atoms with Gasteiger partial charge in [-0.15, -0.1) is 10.2 Å². The lowest BCUT2D eigenvalue weighted by Gasteiger charge is -2.02. The molecule has 0 radical (unpaired) electrons. The van der Waals surface area contributed by atoms with Gasteiger partial charge in [0.2, 0.25) is 5.91 Å². The van der Waals surface area contributed by atoms with Crippen molar-refractivity contribution in [1.82, 2.24) is 15.0 Å². The molecule has 0 saturated heterocycles. The summed E-state index contributed by atoms with van der Waals surface area (Å²) in [6.07, 6.45) is 3.25. The quantitative estimate of drug-likeness (QED) is 0.518. The van der Waals surface area contributed by atoms with E-state index >= 15 is 0 Å². The van der Waals surface area contributed by atoms with Crippen LogP contribution in [-0.2, 0) is 4.79 Å². The van der Waals surface area contributed by atoms with Gasteiger partial charge in [-0.3, -0.25) is 4.79 Å². The minimum Gasteiger partial charge on any atom is -0.497 e. The minimum absolute atomic E-state index is 0.217. The van der Waals surface area contributed by atoms with Crippen molar-refractivity contribution in [2.45, 2.75) is 6.92 Å². The zero-order chi connectivity index (χ0) is 20.2. The summed E-state index contributed by atoms with van der Waals surface area (Å²) in [6.45, 7) is 2.04. The number of rotatable bonds is 5. The number of methoxy groups -OCH3 is 1. The Hall–Kier alpha value is -3.93. The van der Waals surface area contributed by atoms with Crippen LogP contribution in [0.3, 0.4) is 0 Å². The maximum absolute atomic E-state index is 12.2. The smallest absolute Gasteiger partial charge is 0.248 e. The first-order valence-corrected chi connectivity index (χ1v) is 9.18. The standard InChI is InChI=1S/C23H20N4O2/c1-16-3-9-19(10-4-16)27-25-21-13-8-18(15-22(21)26-27)24-23(28)14-7-17-5-11-20(29-2)12-6-17/h3-15H,1-2H3,(H,24,28)/b14-7+. The van der Waals surface area contributed by atoms with E-state index in [0.29, 0.717) is 11.2 Å². The SMILES string of the molecule is COc1ccc(/C=C/C(=O)Nc2ccc3nn(-c4ccc(C)cc4)nc3c2)cc1. The second-order valence-electron chi connectivity index (χ2n) is 6.62. The van der Waals surface area contributed by atoms with Crippen LogP contribution < -0.4 is 10.1 Å². The fraction of sp³-hybridized carbons (Fsp3) is 0.0870. The summed E-state index contributed by atoms with van der Waals surface area (Å²) in [6, 6.07) is 20.9. The van der Waals surface area contributed by atoms with Crippen molar-refractivity contribution in [3.05, 3.63) is 83.9 Å². The molecule has 0 saturated carbocycles. The highest BCUT2D eigenvalue weighted by molar-refractivity contribution is 6.02. The van der Waals surface area contributed by atoms with E-state index in [0.717, 1.165) is 22.5 Å². The van der Waals surface area contributed by atoms with E-state index < -0.39 is 0 Å². The molecule has 0 unspecified atom stereocenters. The number of fused-ring (bicyclic) bond motifs is 1. The van der Waals surface area contributed by atoms with Crippen LogP contribution in [0.2, 0.25) is 0 Å². The molecule has 1 N–H and O–H groups in total. The summed E-state index contributed by atoms with van der Waals surface area (Å²) < 4.78 is 5.13. The van der Waals surface area contributed by atoms with Crippen molar-refractivity contribution in [2.24, 2.45) is 0 Å². The molecule has 4 aromatic rings. The average molecular weight is 384 g/mol. The number of nitrogens with zero attached hydrogens (tertiary/aromatic N) is 3. The van der Waals surface area contributed by atoms with Gasteiger partial charge in [0.1, 0.15) is 16.8 Å². The molecule has 0 aliphatic rings. The Balaban J connectivity index is 1.48. The number of benzene rings is 3. The zero-order valence-corrected chi connectivity index (χ0v) is 16.2. The van der Waals surface area contributed by atoms with E-state index in [1.54, 1.807) is 18.0 Å². The number of aromatic nitrogens is 3. The lowest BCUT2D eigenvalue weighted by Crippen LogP contribution is -2.07. The van der Waals surface area contributed by atoms with E-state index in [1.807, 2.05) is 73.7 Å². The molecule has 6 heteroatoms. The number of ether oxygens (including phenoxy) is 1. The van der Waals surface area contributed by atoms with E-state index in [-0.39, 0.29) is 5.91 Å². The number of aryl methyl sites for hydroxylation is 1. The van der Waals surface area contributed by atoms with Gasteiger partial charge >= 0.3 is 0 Å². The van der Waals surface area contributed by atoms with Crippen molar-refractivity contribution >= 4 is 28.7 Å². The van der Waals surface area contributed by atoms with Crippen LogP contribution in [0.4, 0.5) is 5.69 Å². The Morgan fingerprint density at radius 3 is 2.41 bits per heavy atom. The Labute approximate surface area is 168 Å². The molecule has 1 aromatic heterocycles. The van der Waals surface area contributed by atoms with Crippen LogP contribution >= 0.6 is 0 Å². The average Bonchev–Trinajstić information content (AvgIpc) is 3.16. The predicted molar refractivity (Wildman–Crippen MR) is 114 cm³/mol. The monoisotopic (exact) mass is 384 g/mol. The van der Waals surface area contributed by atoms with Gasteiger partial charge in [-0.25, -0.2) is 0 Å². The number of carbonyl (C=O) groups is 1. The van der Waals surface area contributed by atoms with Crippen molar-refractivity contribution in [2.75, 3.05) is 12.4 Å². The minimum atomic E-state index is -0.217. The van der Waals surface area contributed by atoms with Crippen molar-refractivity contribution in [3.8, 4) is 11.4 Å². The Bertz CT molecular complexity index is 1180. The van der Waals surface area contributed by atoms with Crippen LogP contribution in [0.5, 0.6) is 5.75 Å². The second-order valence-corrected chi connectivity index (χ2v) is 6.62. The third-order valence-electron chi connectivity index (χ3n) is 4.46. The maximum atomic E-state index is 12.2. The van der Waals surface area contributed by atoms with E-state index in [4.69, 9.17) is 4.74 Å². The summed E-state index contributed by atoms with van der Waals surface area (Å²) in [7, 11) is 1.62. The van der Waals surface area contributed by atoms with Crippen LogP contribution in [0, 0.1) is 6.92 Å². The summed E-state index contributed by atoms with van der Waals surface area (Å²) in [5.41, 5.74) is 5.12. The molecule has 0 fully saturated rings. The van der Waals surface area contributed by atoms with E-state index in [2.05, 4.69) is 15.5 Å². The lowest BCUT2D eigenvalue weighted by atomic mass is 10.2. The number of hydrogen-bond acceptors (Lipinski definition) is 4. The fourth-order valence-electron chi connectivity index (χ4n) is 2.86. The summed E-state index contributed by atoms with van der Waals surface area (Å²) >= 11 is 0. The summed E-state index contributed by atoms with van der Waals surface area (Å²) in [5, 5.41) is 11.9. The van der Waals surface area contributed by atoms with Crippen molar-refractivity contribution < 1.29 is 9.53 Å². The topological polar surface area (TPSA) is 69.0 Å². The zero-order valence-electron chi connectivity index (χ0n) is 16.2. The Morgan fingerprint density at radius 2 is 1.69 bits per heavy atom. The van der Waals surface area contributed by atoms with Gasteiger partial charge in [0, 0.05) is 11.8 Å². The third-order valence-corrected chi connectivity index (χ3v) is 4.46. The van der Waals surface area contributed by atoms with E-state index in [9.17, 15) is 4.79 Å². The highest BCUT2D eigenvalue weighted by Crippen LogP contribution is 2.18. The maximum Gasteiger partial charge on any atom is 0.248 e. The molecule has 6 nitrogen and oxygen atoms in total. The lowest BCUT2D eigenvalue weighted by molar-refractivity contribution is -0.111. The molecule has 1 heterocycles. The third kappa shape index (κ3) is 4.32. The number of amides is 1. The molecular formula is C23H20N4O2. The first kappa shape index (κ1) is 18.4. The van der Waals surface area contributed by atoms with Gasteiger partial charge in [-0.1, -0.05) is 29.8 Å². The molecule has 0 aliphatic carbocycles. The first-order valence-electron chi connectivity index (χ1n) is 9.18. The molecule has 1 amide bonds. The number of hydrogen-bond donors (Lipinski definition) is 1. The fourth-order valence-corrected chi connectivity index (χ4v) is 2.86. The molecule has 4 rings (SSSR count). The summed E-state index contributed by atoms with van der Waals surface area (Å²) in [5.74, 6) is 0.560. The van der Waals surface area contributed by atoms with Gasteiger partial charge in [0.25, 0.3) is 0 Å². The van der Waals surface area contributed by atoms with Gasteiger partial charge in [0.15, 0.2) is 0 Å². The summed E-state index contributed by atoms with van der Waals surface area (Å²) in [4.78, 5) is 13.8. The highest BCUT2D eigenvalue weighted by atomic mass is 16.5. The van der Waals surface area contributed by atoms with Crippen LogP contribution in [0.1, 0.15) is 11.1 Å². The van der Waals surface area contributed by atoms with Crippen LogP contribution in [0.15, 0.2) is 72.8 Å². The predicted octanol–water partition coefficient (Wildman–Crippen LogP) is 4.39. The molecular weight excluding hydrogens is 364 g/mol. The molecule has 144 valence electrons. The Kier molecular flexibility index (Phi) is 5.07.